The molecule has 0 aromatic carbocycles. The molecule has 2 N–H and O–H groups in total. The Kier molecular flexibility index (Phi) is 7.59. The van der Waals surface area contributed by atoms with Gasteiger partial charge in [0.05, 0.1) is 25.0 Å². The van der Waals surface area contributed by atoms with Crippen molar-refractivity contribution >= 4 is 29.9 Å². The van der Waals surface area contributed by atoms with E-state index in [-0.39, 0.29) is 29.4 Å². The van der Waals surface area contributed by atoms with Crippen molar-refractivity contribution in [2.24, 2.45) is 4.99 Å². The Hall–Kier alpha value is -1.71. The molecule has 0 unspecified atom stereocenters. The summed E-state index contributed by atoms with van der Waals surface area (Å²) in [6, 6.07) is 1.87. The van der Waals surface area contributed by atoms with Crippen LogP contribution in [0.2, 0.25) is 0 Å². The molecule has 8 heteroatoms. The second-order valence-corrected chi connectivity index (χ2v) is 6.24. The second kappa shape index (κ2) is 8.95. The molecule has 0 aliphatic heterocycles. The smallest absolute Gasteiger partial charge is 0.213 e. The minimum absolute atomic E-state index is 0. The van der Waals surface area contributed by atoms with Crippen molar-refractivity contribution in [2.45, 2.75) is 46.2 Å². The Bertz CT molecular complexity index is 677. The van der Waals surface area contributed by atoms with Crippen molar-refractivity contribution in [3.05, 3.63) is 41.6 Å². The quantitative estimate of drug-likeness (QED) is 0.428. The Morgan fingerprint density at radius 2 is 1.92 bits per heavy atom. The Labute approximate surface area is 159 Å². The third-order valence-electron chi connectivity index (χ3n) is 3.19. The highest BCUT2D eigenvalue weighted by Crippen LogP contribution is 2.22. The molecule has 0 saturated carbocycles. The first-order valence-electron chi connectivity index (χ1n) is 7.56. The summed E-state index contributed by atoms with van der Waals surface area (Å²) in [5.41, 5.74) is 0.863. The van der Waals surface area contributed by atoms with Crippen LogP contribution >= 0.6 is 24.0 Å². The number of aryl methyl sites for hydroxylation is 1. The van der Waals surface area contributed by atoms with Gasteiger partial charge in [-0.1, -0.05) is 20.8 Å². The summed E-state index contributed by atoms with van der Waals surface area (Å²) in [4.78, 5) is 16.9. The molecule has 0 spiro atoms. The molecule has 2 rings (SSSR count). The molecular formula is C16H25IN6O. The van der Waals surface area contributed by atoms with Crippen molar-refractivity contribution < 1.29 is 4.42 Å². The SMILES string of the molecule is CN=C(NCc1ccnc(C)n1)NCc1ncc(C(C)(C)C)o1.I. The zero-order valence-corrected chi connectivity index (χ0v) is 17.1. The van der Waals surface area contributed by atoms with Crippen molar-refractivity contribution in [2.75, 3.05) is 7.05 Å². The zero-order chi connectivity index (χ0) is 16.9. The van der Waals surface area contributed by atoms with Gasteiger partial charge in [0.15, 0.2) is 5.96 Å². The van der Waals surface area contributed by atoms with Crippen LogP contribution in [0.1, 0.15) is 43.9 Å². The first kappa shape index (κ1) is 20.3. The van der Waals surface area contributed by atoms with Gasteiger partial charge in [0.25, 0.3) is 0 Å². The number of aliphatic imine (C=N–C) groups is 1. The van der Waals surface area contributed by atoms with E-state index in [0.29, 0.717) is 24.9 Å². The van der Waals surface area contributed by atoms with Gasteiger partial charge in [0.1, 0.15) is 11.6 Å². The van der Waals surface area contributed by atoms with E-state index in [9.17, 15) is 0 Å². The number of oxazole rings is 1. The maximum atomic E-state index is 5.74. The molecule has 0 radical (unpaired) electrons. The molecule has 0 fully saturated rings. The molecule has 0 aliphatic rings. The number of nitrogens with one attached hydrogen (secondary N) is 2. The van der Waals surface area contributed by atoms with Gasteiger partial charge < -0.3 is 15.1 Å². The van der Waals surface area contributed by atoms with E-state index in [1.54, 1.807) is 19.4 Å². The summed E-state index contributed by atoms with van der Waals surface area (Å²) in [7, 11) is 1.72. The zero-order valence-electron chi connectivity index (χ0n) is 14.8. The van der Waals surface area contributed by atoms with Gasteiger partial charge in [-0.15, -0.1) is 24.0 Å². The van der Waals surface area contributed by atoms with E-state index in [0.717, 1.165) is 17.3 Å². The van der Waals surface area contributed by atoms with E-state index in [1.807, 2.05) is 13.0 Å². The van der Waals surface area contributed by atoms with Gasteiger partial charge in [-0.05, 0) is 13.0 Å². The summed E-state index contributed by atoms with van der Waals surface area (Å²) in [6.45, 7) is 9.19. The standard InChI is InChI=1S/C16H24N6O.HI/c1-11-18-7-6-12(22-11)8-20-15(17-5)21-10-14-19-9-13(23-14)16(2,3)4;/h6-7,9H,8,10H2,1-5H3,(H2,17,20,21);1H. The van der Waals surface area contributed by atoms with Gasteiger partial charge >= 0.3 is 0 Å². The Balaban J connectivity index is 0.00000288. The van der Waals surface area contributed by atoms with E-state index in [1.165, 1.54) is 0 Å². The van der Waals surface area contributed by atoms with Crippen LogP contribution in [0.25, 0.3) is 0 Å². The number of halogens is 1. The molecule has 2 aromatic heterocycles. The van der Waals surface area contributed by atoms with Gasteiger partial charge in [-0.2, -0.15) is 0 Å². The fourth-order valence-electron chi connectivity index (χ4n) is 1.90. The molecule has 0 saturated heterocycles. The molecular weight excluding hydrogens is 419 g/mol. The van der Waals surface area contributed by atoms with Crippen molar-refractivity contribution in [3.8, 4) is 0 Å². The predicted octanol–water partition coefficient (Wildman–Crippen LogP) is 2.55. The summed E-state index contributed by atoms with van der Waals surface area (Å²) in [5.74, 6) is 2.92. The summed E-state index contributed by atoms with van der Waals surface area (Å²) < 4.78 is 5.74. The molecule has 7 nitrogen and oxygen atoms in total. The Morgan fingerprint density at radius 1 is 1.21 bits per heavy atom. The van der Waals surface area contributed by atoms with Crippen LogP contribution < -0.4 is 10.6 Å². The lowest BCUT2D eigenvalue weighted by Gasteiger charge is -2.13. The van der Waals surface area contributed by atoms with Crippen LogP contribution in [-0.2, 0) is 18.5 Å². The third-order valence-corrected chi connectivity index (χ3v) is 3.19. The van der Waals surface area contributed by atoms with Crippen LogP contribution in [0, 0.1) is 6.92 Å². The molecule has 2 aromatic rings. The fraction of sp³-hybridized carbons (Fsp3) is 0.500. The molecule has 132 valence electrons. The normalized spacial score (nSPS) is 11.8. The lowest BCUT2D eigenvalue weighted by molar-refractivity contribution is 0.379. The summed E-state index contributed by atoms with van der Waals surface area (Å²) in [6.07, 6.45) is 3.52. The van der Waals surface area contributed by atoms with Crippen LogP contribution in [-0.4, -0.2) is 28.0 Å². The maximum Gasteiger partial charge on any atom is 0.213 e. The van der Waals surface area contributed by atoms with Gasteiger partial charge in [-0.3, -0.25) is 4.99 Å². The summed E-state index contributed by atoms with van der Waals surface area (Å²) in [5, 5.41) is 6.37. The van der Waals surface area contributed by atoms with E-state index < -0.39 is 0 Å². The predicted molar refractivity (Wildman–Crippen MR) is 104 cm³/mol. The van der Waals surface area contributed by atoms with Crippen molar-refractivity contribution in [1.29, 1.82) is 0 Å². The minimum atomic E-state index is -0.0456. The lowest BCUT2D eigenvalue weighted by atomic mass is 9.94. The molecule has 2 heterocycles. The first-order chi connectivity index (χ1) is 10.9. The molecule has 0 atom stereocenters. The average molecular weight is 444 g/mol. The van der Waals surface area contributed by atoms with Gasteiger partial charge in [-0.25, -0.2) is 15.0 Å². The Morgan fingerprint density at radius 3 is 2.50 bits per heavy atom. The van der Waals surface area contributed by atoms with Crippen LogP contribution in [0.4, 0.5) is 0 Å². The average Bonchev–Trinajstić information content (AvgIpc) is 2.96. The molecule has 0 bridgehead atoms. The monoisotopic (exact) mass is 444 g/mol. The fourth-order valence-corrected chi connectivity index (χ4v) is 1.90. The van der Waals surface area contributed by atoms with E-state index >= 15 is 0 Å². The number of aromatic nitrogens is 3. The van der Waals surface area contributed by atoms with Crippen molar-refractivity contribution in [1.82, 2.24) is 25.6 Å². The van der Waals surface area contributed by atoms with Crippen LogP contribution in [0.5, 0.6) is 0 Å². The highest BCUT2D eigenvalue weighted by atomic mass is 127. The van der Waals surface area contributed by atoms with E-state index in [2.05, 4.69) is 51.3 Å². The lowest BCUT2D eigenvalue weighted by Crippen LogP contribution is -2.36. The maximum absolute atomic E-state index is 5.74. The van der Waals surface area contributed by atoms with Crippen LogP contribution in [0.15, 0.2) is 27.9 Å². The molecule has 24 heavy (non-hydrogen) atoms. The van der Waals surface area contributed by atoms with E-state index in [4.69, 9.17) is 4.42 Å². The highest BCUT2D eigenvalue weighted by Gasteiger charge is 2.19. The summed E-state index contributed by atoms with van der Waals surface area (Å²) >= 11 is 0. The largest absolute Gasteiger partial charge is 0.443 e. The topological polar surface area (TPSA) is 88.2 Å². The number of hydrogen-bond acceptors (Lipinski definition) is 5. The second-order valence-electron chi connectivity index (χ2n) is 6.24. The molecule has 0 aliphatic carbocycles. The number of rotatable bonds is 4. The number of nitrogens with zero attached hydrogens (tertiary/aromatic N) is 4. The van der Waals surface area contributed by atoms with Gasteiger partial charge in [0, 0.05) is 18.7 Å². The van der Waals surface area contributed by atoms with Crippen LogP contribution in [0.3, 0.4) is 0 Å². The number of guanidine groups is 1. The molecule has 0 amide bonds. The number of hydrogen-bond donors (Lipinski definition) is 2. The minimum Gasteiger partial charge on any atom is -0.443 e. The highest BCUT2D eigenvalue weighted by molar-refractivity contribution is 14.0. The first-order valence-corrected chi connectivity index (χ1v) is 7.56. The third kappa shape index (κ3) is 6.06. The van der Waals surface area contributed by atoms with Crippen molar-refractivity contribution in [3.63, 3.8) is 0 Å². The van der Waals surface area contributed by atoms with Gasteiger partial charge in [0.2, 0.25) is 5.89 Å².